The van der Waals surface area contributed by atoms with Crippen LogP contribution in [-0.2, 0) is 6.42 Å². The van der Waals surface area contributed by atoms with Gasteiger partial charge in [-0.15, -0.1) is 0 Å². The number of Topliss-reactive ketones (excluding diaryl/α,β-unsaturated/α-hetero) is 1. The van der Waals surface area contributed by atoms with Crippen molar-refractivity contribution >= 4 is 5.78 Å². The Labute approximate surface area is 122 Å². The lowest BCUT2D eigenvalue weighted by Gasteiger charge is -2.08. The van der Waals surface area contributed by atoms with E-state index in [1.807, 2.05) is 12.1 Å². The molecule has 0 spiro atoms. The van der Waals surface area contributed by atoms with Crippen LogP contribution in [0.3, 0.4) is 0 Å². The smallest absolute Gasteiger partial charge is 0.170 e. The second-order valence-corrected chi connectivity index (χ2v) is 5.82. The molecule has 1 aromatic rings. The molecule has 0 N–H and O–H groups in total. The van der Waals surface area contributed by atoms with Gasteiger partial charge < -0.3 is 4.74 Å². The van der Waals surface area contributed by atoms with E-state index in [2.05, 4.69) is 13.0 Å². The molecule has 0 aromatic heterocycles. The highest BCUT2D eigenvalue weighted by atomic mass is 16.5. The number of benzene rings is 1. The number of hydrogen-bond donors (Lipinski definition) is 0. The van der Waals surface area contributed by atoms with Crippen molar-refractivity contribution in [3.05, 3.63) is 29.3 Å². The maximum absolute atomic E-state index is 12.5. The molecule has 0 heterocycles. The summed E-state index contributed by atoms with van der Waals surface area (Å²) in [6.07, 6.45) is 9.65. The quantitative estimate of drug-likeness (QED) is 0.636. The van der Waals surface area contributed by atoms with Crippen LogP contribution in [0.25, 0.3) is 0 Å². The molecular weight excluding hydrogens is 248 g/mol. The van der Waals surface area contributed by atoms with Crippen molar-refractivity contribution < 1.29 is 9.53 Å². The molecular formula is C18H26O2. The van der Waals surface area contributed by atoms with Gasteiger partial charge in [-0.05, 0) is 24.5 Å². The number of unbranched alkanes of at least 4 members (excludes halogenated alkanes) is 5. The van der Waals surface area contributed by atoms with E-state index in [0.717, 1.165) is 24.2 Å². The number of carbonyl (C=O) groups excluding carboxylic acids is 1. The third-order valence-corrected chi connectivity index (χ3v) is 4.32. The predicted octanol–water partition coefficient (Wildman–Crippen LogP) is 4.80. The SMILES string of the molecule is CCCCCCCCC1Cc2cccc(OC)c2C1=O. The van der Waals surface area contributed by atoms with Crippen LogP contribution in [0.2, 0.25) is 0 Å². The van der Waals surface area contributed by atoms with Crippen molar-refractivity contribution in [2.75, 3.05) is 7.11 Å². The minimum Gasteiger partial charge on any atom is -0.496 e. The molecule has 1 atom stereocenters. The standard InChI is InChI=1S/C18H26O2/c1-3-4-5-6-7-8-10-15-13-14-11-9-12-16(20-2)17(14)18(15)19/h9,11-12,15H,3-8,10,13H2,1-2H3. The number of ether oxygens (including phenoxy) is 1. The first kappa shape index (κ1) is 15.1. The Bertz CT molecular complexity index is 451. The Morgan fingerprint density at radius 3 is 2.65 bits per heavy atom. The number of fused-ring (bicyclic) bond motifs is 1. The lowest BCUT2D eigenvalue weighted by atomic mass is 9.96. The largest absolute Gasteiger partial charge is 0.496 e. The van der Waals surface area contributed by atoms with Gasteiger partial charge in [0.2, 0.25) is 0 Å². The average Bonchev–Trinajstić information content (AvgIpc) is 2.79. The minimum atomic E-state index is 0.187. The van der Waals surface area contributed by atoms with Crippen molar-refractivity contribution in [1.82, 2.24) is 0 Å². The van der Waals surface area contributed by atoms with E-state index >= 15 is 0 Å². The summed E-state index contributed by atoms with van der Waals surface area (Å²) < 4.78 is 5.32. The number of carbonyl (C=O) groups is 1. The summed E-state index contributed by atoms with van der Waals surface area (Å²) in [5.74, 6) is 1.23. The summed E-state index contributed by atoms with van der Waals surface area (Å²) in [7, 11) is 1.64. The van der Waals surface area contributed by atoms with Crippen molar-refractivity contribution in [2.45, 2.75) is 58.3 Å². The summed E-state index contributed by atoms with van der Waals surface area (Å²) in [5, 5.41) is 0. The molecule has 0 radical (unpaired) electrons. The van der Waals surface area contributed by atoms with Crippen molar-refractivity contribution in [1.29, 1.82) is 0 Å². The van der Waals surface area contributed by atoms with Crippen LogP contribution < -0.4 is 4.74 Å². The van der Waals surface area contributed by atoms with Crippen LogP contribution in [0, 0.1) is 5.92 Å². The highest BCUT2D eigenvalue weighted by Crippen LogP contribution is 2.35. The van der Waals surface area contributed by atoms with E-state index < -0.39 is 0 Å². The first-order valence-electron chi connectivity index (χ1n) is 7.98. The zero-order chi connectivity index (χ0) is 14.4. The highest BCUT2D eigenvalue weighted by Gasteiger charge is 2.32. The molecule has 2 rings (SSSR count). The van der Waals surface area contributed by atoms with Gasteiger partial charge in [0.05, 0.1) is 12.7 Å². The summed E-state index contributed by atoms with van der Waals surface area (Å²) in [6.45, 7) is 2.24. The molecule has 1 aliphatic carbocycles. The second kappa shape index (κ2) is 7.47. The molecule has 0 bridgehead atoms. The normalized spacial score (nSPS) is 17.3. The zero-order valence-electron chi connectivity index (χ0n) is 12.8. The molecule has 1 aromatic carbocycles. The molecule has 2 nitrogen and oxygen atoms in total. The Morgan fingerprint density at radius 2 is 1.90 bits per heavy atom. The number of hydrogen-bond acceptors (Lipinski definition) is 2. The molecule has 1 unspecified atom stereocenters. The van der Waals surface area contributed by atoms with Crippen LogP contribution in [0.15, 0.2) is 18.2 Å². The van der Waals surface area contributed by atoms with Crippen LogP contribution >= 0.6 is 0 Å². The van der Waals surface area contributed by atoms with Crippen molar-refractivity contribution in [3.63, 3.8) is 0 Å². The average molecular weight is 274 g/mol. The van der Waals surface area contributed by atoms with Gasteiger partial charge in [0.15, 0.2) is 5.78 Å². The van der Waals surface area contributed by atoms with Gasteiger partial charge in [-0.25, -0.2) is 0 Å². The summed E-state index contributed by atoms with van der Waals surface area (Å²) >= 11 is 0. The van der Waals surface area contributed by atoms with E-state index in [-0.39, 0.29) is 5.92 Å². The maximum atomic E-state index is 12.5. The Kier molecular flexibility index (Phi) is 5.63. The molecule has 2 heteroatoms. The van der Waals surface area contributed by atoms with Gasteiger partial charge in [0.1, 0.15) is 5.75 Å². The fourth-order valence-electron chi connectivity index (χ4n) is 3.16. The van der Waals surface area contributed by atoms with E-state index in [9.17, 15) is 4.79 Å². The number of methoxy groups -OCH3 is 1. The number of ketones is 1. The molecule has 0 saturated carbocycles. The topological polar surface area (TPSA) is 26.3 Å². The molecule has 110 valence electrons. The Morgan fingerprint density at radius 1 is 1.15 bits per heavy atom. The van der Waals surface area contributed by atoms with E-state index in [1.165, 1.54) is 44.1 Å². The van der Waals surface area contributed by atoms with Gasteiger partial charge in [0, 0.05) is 5.92 Å². The van der Waals surface area contributed by atoms with Gasteiger partial charge in [-0.1, -0.05) is 57.6 Å². The second-order valence-electron chi connectivity index (χ2n) is 5.82. The van der Waals surface area contributed by atoms with Gasteiger partial charge in [-0.3, -0.25) is 4.79 Å². The summed E-state index contributed by atoms with van der Waals surface area (Å²) in [4.78, 5) is 12.5. The highest BCUT2D eigenvalue weighted by molar-refractivity contribution is 6.04. The Hall–Kier alpha value is -1.31. The minimum absolute atomic E-state index is 0.187. The van der Waals surface area contributed by atoms with Crippen LogP contribution in [0.1, 0.15) is 67.8 Å². The maximum Gasteiger partial charge on any atom is 0.170 e. The van der Waals surface area contributed by atoms with E-state index in [0.29, 0.717) is 5.78 Å². The van der Waals surface area contributed by atoms with Gasteiger partial charge in [0.25, 0.3) is 0 Å². The molecule has 0 fully saturated rings. The zero-order valence-corrected chi connectivity index (χ0v) is 12.8. The molecule has 1 aliphatic rings. The first-order chi connectivity index (χ1) is 9.77. The lowest BCUT2D eigenvalue weighted by molar-refractivity contribution is 0.0926. The van der Waals surface area contributed by atoms with Crippen LogP contribution in [-0.4, -0.2) is 12.9 Å². The fraction of sp³-hybridized carbons (Fsp3) is 0.611. The molecule has 0 amide bonds. The fourth-order valence-corrected chi connectivity index (χ4v) is 3.16. The third kappa shape index (κ3) is 3.41. The first-order valence-corrected chi connectivity index (χ1v) is 7.98. The van der Waals surface area contributed by atoms with E-state index in [4.69, 9.17) is 4.74 Å². The third-order valence-electron chi connectivity index (χ3n) is 4.32. The van der Waals surface area contributed by atoms with Crippen molar-refractivity contribution in [2.24, 2.45) is 5.92 Å². The van der Waals surface area contributed by atoms with Crippen molar-refractivity contribution in [3.8, 4) is 5.75 Å². The van der Waals surface area contributed by atoms with E-state index in [1.54, 1.807) is 7.11 Å². The lowest BCUT2D eigenvalue weighted by Crippen LogP contribution is -2.09. The summed E-state index contributed by atoms with van der Waals surface area (Å²) in [6, 6.07) is 5.94. The molecule has 0 aliphatic heterocycles. The van der Waals surface area contributed by atoms with Crippen LogP contribution in [0.4, 0.5) is 0 Å². The summed E-state index contributed by atoms with van der Waals surface area (Å²) in [5.41, 5.74) is 2.01. The van der Waals surface area contributed by atoms with Gasteiger partial charge >= 0.3 is 0 Å². The predicted molar refractivity (Wildman–Crippen MR) is 82.5 cm³/mol. The van der Waals surface area contributed by atoms with Gasteiger partial charge in [-0.2, -0.15) is 0 Å². The Balaban J connectivity index is 1.83. The number of rotatable bonds is 8. The van der Waals surface area contributed by atoms with Crippen LogP contribution in [0.5, 0.6) is 5.75 Å². The molecule has 0 saturated heterocycles. The monoisotopic (exact) mass is 274 g/mol. The molecule has 20 heavy (non-hydrogen) atoms.